The lowest BCUT2D eigenvalue weighted by Crippen LogP contribution is -2.32. The van der Waals surface area contributed by atoms with Crippen LogP contribution in [0.25, 0.3) is 11.4 Å². The summed E-state index contributed by atoms with van der Waals surface area (Å²) in [6, 6.07) is 16.2. The van der Waals surface area contributed by atoms with E-state index in [1.807, 2.05) is 41.9 Å². The molecule has 0 fully saturated rings. The van der Waals surface area contributed by atoms with Gasteiger partial charge in [0.25, 0.3) is 0 Å². The number of hydrogen-bond donors (Lipinski definition) is 1. The molecule has 1 atom stereocenters. The van der Waals surface area contributed by atoms with Crippen LogP contribution in [-0.2, 0) is 18.3 Å². The Morgan fingerprint density at radius 3 is 2.97 bits per heavy atom. The van der Waals surface area contributed by atoms with Gasteiger partial charge in [0.2, 0.25) is 5.91 Å². The van der Waals surface area contributed by atoms with Gasteiger partial charge in [-0.15, -0.1) is 10.2 Å². The first-order valence-corrected chi connectivity index (χ1v) is 10.7. The van der Waals surface area contributed by atoms with Gasteiger partial charge in [0.05, 0.1) is 18.9 Å². The predicted molar refractivity (Wildman–Crippen MR) is 114 cm³/mol. The average molecular weight is 409 g/mol. The van der Waals surface area contributed by atoms with Crippen LogP contribution in [0.15, 0.2) is 53.7 Å². The van der Waals surface area contributed by atoms with Crippen molar-refractivity contribution in [3.05, 3.63) is 59.7 Å². The Labute approximate surface area is 174 Å². The van der Waals surface area contributed by atoms with Crippen molar-refractivity contribution in [3.63, 3.8) is 0 Å². The van der Waals surface area contributed by atoms with Crippen LogP contribution in [0.3, 0.4) is 0 Å². The van der Waals surface area contributed by atoms with Crippen molar-refractivity contribution in [2.45, 2.75) is 30.5 Å². The number of benzene rings is 2. The highest BCUT2D eigenvalue weighted by molar-refractivity contribution is 7.99. The standard InChI is InChI=1S/C22H24N4O2S/c1-26-21(16-9-5-10-17(13-16)28-2)24-25-22(26)29-14-20(27)23-19-12-6-8-15-7-3-4-11-18(15)19/h3-5,7,9-11,13,19H,6,8,12,14H2,1-2H3,(H,23,27)/t19-/m1/s1. The number of methoxy groups -OCH3 is 1. The predicted octanol–water partition coefficient (Wildman–Crippen LogP) is 3.78. The molecule has 1 aromatic heterocycles. The monoisotopic (exact) mass is 408 g/mol. The summed E-state index contributed by atoms with van der Waals surface area (Å²) >= 11 is 1.40. The fourth-order valence-electron chi connectivity index (χ4n) is 3.72. The lowest BCUT2D eigenvalue weighted by Gasteiger charge is -2.26. The van der Waals surface area contributed by atoms with E-state index in [0.29, 0.717) is 10.9 Å². The number of hydrogen-bond acceptors (Lipinski definition) is 5. The molecule has 150 valence electrons. The Hall–Kier alpha value is -2.80. The van der Waals surface area contributed by atoms with E-state index in [1.165, 1.54) is 22.9 Å². The Balaban J connectivity index is 1.40. The molecule has 7 heteroatoms. The van der Waals surface area contributed by atoms with Crippen LogP contribution in [0, 0.1) is 0 Å². The van der Waals surface area contributed by atoms with E-state index in [-0.39, 0.29) is 11.9 Å². The molecule has 1 aliphatic carbocycles. The number of carbonyl (C=O) groups excluding carboxylic acids is 1. The van der Waals surface area contributed by atoms with Gasteiger partial charge in [-0.3, -0.25) is 4.79 Å². The van der Waals surface area contributed by atoms with Crippen LogP contribution in [0.1, 0.15) is 30.0 Å². The van der Waals surface area contributed by atoms with Crippen molar-refractivity contribution in [2.24, 2.45) is 7.05 Å². The van der Waals surface area contributed by atoms with Crippen molar-refractivity contribution < 1.29 is 9.53 Å². The van der Waals surface area contributed by atoms with Gasteiger partial charge < -0.3 is 14.6 Å². The minimum atomic E-state index is 0.0163. The number of fused-ring (bicyclic) bond motifs is 1. The Kier molecular flexibility index (Phi) is 5.85. The second kappa shape index (κ2) is 8.69. The van der Waals surface area contributed by atoms with Gasteiger partial charge >= 0.3 is 0 Å². The third-order valence-electron chi connectivity index (χ3n) is 5.20. The molecule has 0 bridgehead atoms. The van der Waals surface area contributed by atoms with Gasteiger partial charge in [0.15, 0.2) is 11.0 Å². The Morgan fingerprint density at radius 1 is 1.24 bits per heavy atom. The van der Waals surface area contributed by atoms with Gasteiger partial charge in [-0.25, -0.2) is 0 Å². The molecule has 0 saturated carbocycles. The van der Waals surface area contributed by atoms with Gasteiger partial charge in [-0.2, -0.15) is 0 Å². The Bertz CT molecular complexity index is 1020. The average Bonchev–Trinajstić information content (AvgIpc) is 3.13. The smallest absolute Gasteiger partial charge is 0.230 e. The molecule has 1 amide bonds. The van der Waals surface area contributed by atoms with Crippen LogP contribution >= 0.6 is 11.8 Å². The van der Waals surface area contributed by atoms with Gasteiger partial charge in [-0.1, -0.05) is 48.2 Å². The topological polar surface area (TPSA) is 69.0 Å². The van der Waals surface area contributed by atoms with E-state index >= 15 is 0 Å². The molecule has 29 heavy (non-hydrogen) atoms. The van der Waals surface area contributed by atoms with Crippen LogP contribution in [0.2, 0.25) is 0 Å². The number of nitrogens with zero attached hydrogens (tertiary/aromatic N) is 3. The molecule has 4 rings (SSSR count). The summed E-state index contributed by atoms with van der Waals surface area (Å²) in [7, 11) is 3.55. The summed E-state index contributed by atoms with van der Waals surface area (Å²) in [5.74, 6) is 1.84. The highest BCUT2D eigenvalue weighted by Crippen LogP contribution is 2.30. The maximum Gasteiger partial charge on any atom is 0.230 e. The highest BCUT2D eigenvalue weighted by atomic mass is 32.2. The SMILES string of the molecule is COc1cccc(-c2nnc(SCC(=O)N[C@@H]3CCCc4ccccc43)n2C)c1. The summed E-state index contributed by atoms with van der Waals surface area (Å²) in [6.45, 7) is 0. The molecule has 0 spiro atoms. The van der Waals surface area contributed by atoms with E-state index in [1.54, 1.807) is 7.11 Å². The molecule has 1 heterocycles. The number of thioether (sulfide) groups is 1. The molecule has 3 aromatic rings. The fraction of sp³-hybridized carbons (Fsp3) is 0.318. The van der Waals surface area contributed by atoms with Crippen LogP contribution in [-0.4, -0.2) is 33.5 Å². The highest BCUT2D eigenvalue weighted by Gasteiger charge is 2.22. The maximum absolute atomic E-state index is 12.6. The minimum Gasteiger partial charge on any atom is -0.497 e. The number of aryl methyl sites for hydroxylation is 1. The van der Waals surface area contributed by atoms with Crippen LogP contribution in [0.5, 0.6) is 5.75 Å². The summed E-state index contributed by atoms with van der Waals surface area (Å²) in [6.07, 6.45) is 3.17. The molecule has 0 saturated heterocycles. The van der Waals surface area contributed by atoms with Crippen molar-refractivity contribution in [1.29, 1.82) is 0 Å². The minimum absolute atomic E-state index is 0.0163. The van der Waals surface area contributed by atoms with Crippen molar-refractivity contribution in [1.82, 2.24) is 20.1 Å². The number of carbonyl (C=O) groups is 1. The number of rotatable bonds is 6. The first-order valence-electron chi connectivity index (χ1n) is 9.69. The molecule has 1 aliphatic rings. The van der Waals surface area contributed by atoms with Gasteiger partial charge in [0, 0.05) is 12.6 Å². The van der Waals surface area contributed by atoms with E-state index in [2.05, 4.69) is 33.7 Å². The second-order valence-corrected chi connectivity index (χ2v) is 8.04. The summed E-state index contributed by atoms with van der Waals surface area (Å²) in [5, 5.41) is 12.4. The number of amides is 1. The molecule has 0 unspecified atom stereocenters. The summed E-state index contributed by atoms with van der Waals surface area (Å²) in [5.41, 5.74) is 3.51. The van der Waals surface area contributed by atoms with Gasteiger partial charge in [-0.05, 0) is 42.5 Å². The molecular weight excluding hydrogens is 384 g/mol. The van der Waals surface area contributed by atoms with E-state index in [9.17, 15) is 4.79 Å². The van der Waals surface area contributed by atoms with E-state index in [0.717, 1.165) is 36.4 Å². The largest absolute Gasteiger partial charge is 0.497 e. The van der Waals surface area contributed by atoms with Crippen molar-refractivity contribution in [2.75, 3.05) is 12.9 Å². The zero-order valence-electron chi connectivity index (χ0n) is 16.6. The molecule has 0 radical (unpaired) electrons. The van der Waals surface area contributed by atoms with Crippen LogP contribution in [0.4, 0.5) is 0 Å². The third-order valence-corrected chi connectivity index (χ3v) is 6.22. The van der Waals surface area contributed by atoms with E-state index in [4.69, 9.17) is 4.74 Å². The van der Waals surface area contributed by atoms with Crippen molar-refractivity contribution in [3.8, 4) is 17.1 Å². The van der Waals surface area contributed by atoms with E-state index < -0.39 is 0 Å². The number of aromatic nitrogens is 3. The quantitative estimate of drug-likeness (QED) is 0.629. The normalized spacial score (nSPS) is 15.6. The second-order valence-electron chi connectivity index (χ2n) is 7.10. The molecule has 6 nitrogen and oxygen atoms in total. The zero-order valence-corrected chi connectivity index (χ0v) is 17.4. The molecule has 0 aliphatic heterocycles. The lowest BCUT2D eigenvalue weighted by atomic mass is 9.88. The lowest BCUT2D eigenvalue weighted by molar-refractivity contribution is -0.119. The van der Waals surface area contributed by atoms with Gasteiger partial charge in [0.1, 0.15) is 5.75 Å². The van der Waals surface area contributed by atoms with Crippen LogP contribution < -0.4 is 10.1 Å². The fourth-order valence-corrected chi connectivity index (χ4v) is 4.45. The maximum atomic E-state index is 12.6. The molecule has 1 N–H and O–H groups in total. The van der Waals surface area contributed by atoms with Crippen molar-refractivity contribution >= 4 is 17.7 Å². The summed E-state index contributed by atoms with van der Waals surface area (Å²) < 4.78 is 7.19. The number of nitrogens with one attached hydrogen (secondary N) is 1. The molecular formula is C22H24N4O2S. The Morgan fingerprint density at radius 2 is 2.10 bits per heavy atom. The first kappa shape index (κ1) is 19.5. The first-order chi connectivity index (χ1) is 14.2. The zero-order chi connectivity index (χ0) is 20.2. The molecule has 2 aromatic carbocycles. The summed E-state index contributed by atoms with van der Waals surface area (Å²) in [4.78, 5) is 12.6. The third kappa shape index (κ3) is 4.29. The number of ether oxygens (including phenoxy) is 1.